The van der Waals surface area contributed by atoms with Crippen molar-refractivity contribution in [2.75, 3.05) is 14.2 Å². The van der Waals surface area contributed by atoms with Crippen LogP contribution >= 0.6 is 0 Å². The van der Waals surface area contributed by atoms with Crippen molar-refractivity contribution in [3.05, 3.63) is 29.3 Å². The van der Waals surface area contributed by atoms with Crippen molar-refractivity contribution < 1.29 is 23.0 Å². The Morgan fingerprint density at radius 2 is 1.87 bits per heavy atom. The summed E-state index contributed by atoms with van der Waals surface area (Å²) in [6.07, 6.45) is -0.156. The van der Waals surface area contributed by atoms with Gasteiger partial charge in [0.05, 0.1) is 20.6 Å². The van der Waals surface area contributed by atoms with Crippen LogP contribution in [0.2, 0.25) is 0 Å². The number of esters is 1. The van der Waals surface area contributed by atoms with Gasteiger partial charge in [-0.05, 0) is 6.07 Å². The van der Waals surface area contributed by atoms with Crippen molar-refractivity contribution in [2.45, 2.75) is 6.42 Å². The van der Waals surface area contributed by atoms with Crippen LogP contribution in [0.1, 0.15) is 5.56 Å². The molecular weight excluding hydrogens is 206 g/mol. The summed E-state index contributed by atoms with van der Waals surface area (Å²) in [6.45, 7) is 0. The lowest BCUT2D eigenvalue weighted by Gasteiger charge is -2.07. The molecule has 3 nitrogen and oxygen atoms in total. The van der Waals surface area contributed by atoms with Crippen molar-refractivity contribution in [3.63, 3.8) is 0 Å². The molecular formula is C10H10F2O3. The van der Waals surface area contributed by atoms with Crippen LogP contribution in [0.4, 0.5) is 8.78 Å². The summed E-state index contributed by atoms with van der Waals surface area (Å²) < 4.78 is 34.9. The summed E-state index contributed by atoms with van der Waals surface area (Å²) in [7, 11) is 2.53. The smallest absolute Gasteiger partial charge is 0.310 e. The average molecular weight is 216 g/mol. The van der Waals surface area contributed by atoms with Gasteiger partial charge in [-0.2, -0.15) is 0 Å². The first-order valence-electron chi connectivity index (χ1n) is 4.17. The number of ether oxygens (including phenoxy) is 2. The molecule has 0 saturated heterocycles. The molecule has 0 N–H and O–H groups in total. The van der Waals surface area contributed by atoms with Crippen molar-refractivity contribution in [1.82, 2.24) is 0 Å². The maximum absolute atomic E-state index is 12.9. The van der Waals surface area contributed by atoms with Gasteiger partial charge in [-0.15, -0.1) is 0 Å². The van der Waals surface area contributed by atoms with E-state index in [0.717, 1.165) is 12.1 Å². The maximum Gasteiger partial charge on any atom is 0.310 e. The number of carbonyl (C=O) groups excluding carboxylic acids is 1. The fraction of sp³-hybridized carbons (Fsp3) is 0.300. The molecule has 0 aliphatic rings. The van der Waals surface area contributed by atoms with Gasteiger partial charge in [0.15, 0.2) is 11.6 Å². The summed E-state index contributed by atoms with van der Waals surface area (Å²) in [5.74, 6) is -2.45. The first-order valence-corrected chi connectivity index (χ1v) is 4.17. The Labute approximate surface area is 85.6 Å². The molecule has 0 heterocycles. The van der Waals surface area contributed by atoms with Crippen LogP contribution in [0, 0.1) is 11.6 Å². The Bertz CT molecular complexity index is 377. The molecule has 0 saturated carbocycles. The third-order valence-corrected chi connectivity index (χ3v) is 1.89. The lowest BCUT2D eigenvalue weighted by molar-refractivity contribution is -0.139. The van der Waals surface area contributed by atoms with E-state index in [-0.39, 0.29) is 17.7 Å². The Balaban J connectivity index is 3.05. The van der Waals surface area contributed by atoms with Crippen molar-refractivity contribution >= 4 is 5.97 Å². The number of methoxy groups -OCH3 is 2. The zero-order valence-corrected chi connectivity index (χ0v) is 8.34. The third kappa shape index (κ3) is 2.65. The first kappa shape index (κ1) is 11.4. The first-order chi connectivity index (χ1) is 7.08. The van der Waals surface area contributed by atoms with Crippen LogP contribution in [-0.2, 0) is 16.0 Å². The SMILES string of the molecule is COC(=O)Cc1cc(F)c(F)cc1OC. The fourth-order valence-corrected chi connectivity index (χ4v) is 1.13. The minimum Gasteiger partial charge on any atom is -0.496 e. The number of benzene rings is 1. The van der Waals surface area contributed by atoms with Gasteiger partial charge in [-0.1, -0.05) is 0 Å². The number of hydrogen-bond donors (Lipinski definition) is 0. The van der Waals surface area contributed by atoms with E-state index in [1.165, 1.54) is 14.2 Å². The number of carbonyl (C=O) groups is 1. The standard InChI is InChI=1S/C10H10F2O3/c1-14-9-5-8(12)7(11)3-6(9)4-10(13)15-2/h3,5H,4H2,1-2H3. The van der Waals surface area contributed by atoms with Gasteiger partial charge in [0, 0.05) is 11.6 Å². The molecule has 0 spiro atoms. The van der Waals surface area contributed by atoms with Crippen LogP contribution < -0.4 is 4.74 Å². The predicted octanol–water partition coefficient (Wildman–Crippen LogP) is 1.69. The van der Waals surface area contributed by atoms with Crippen LogP contribution in [0.3, 0.4) is 0 Å². The molecule has 1 aromatic carbocycles. The van der Waals surface area contributed by atoms with Crippen molar-refractivity contribution in [2.24, 2.45) is 0 Å². The third-order valence-electron chi connectivity index (χ3n) is 1.89. The van der Waals surface area contributed by atoms with E-state index in [1.54, 1.807) is 0 Å². The molecule has 0 amide bonds. The molecule has 82 valence electrons. The highest BCUT2D eigenvalue weighted by atomic mass is 19.2. The van der Waals surface area contributed by atoms with Crippen molar-refractivity contribution in [3.8, 4) is 5.75 Å². The van der Waals surface area contributed by atoms with Gasteiger partial charge in [0.25, 0.3) is 0 Å². The summed E-state index contributed by atoms with van der Waals surface area (Å²) in [5, 5.41) is 0. The van der Waals surface area contributed by atoms with Crippen LogP contribution in [0.5, 0.6) is 5.75 Å². The Hall–Kier alpha value is -1.65. The quantitative estimate of drug-likeness (QED) is 0.721. The second-order valence-corrected chi connectivity index (χ2v) is 2.83. The zero-order valence-electron chi connectivity index (χ0n) is 8.34. The molecule has 0 fully saturated rings. The van der Waals surface area contributed by atoms with E-state index in [2.05, 4.69) is 4.74 Å². The Morgan fingerprint density at radius 3 is 2.40 bits per heavy atom. The van der Waals surface area contributed by atoms with Gasteiger partial charge in [-0.25, -0.2) is 8.78 Å². The highest BCUT2D eigenvalue weighted by Gasteiger charge is 2.13. The number of rotatable bonds is 3. The zero-order chi connectivity index (χ0) is 11.4. The van der Waals surface area contributed by atoms with Crippen LogP contribution in [0.25, 0.3) is 0 Å². The van der Waals surface area contributed by atoms with E-state index < -0.39 is 17.6 Å². The Morgan fingerprint density at radius 1 is 1.27 bits per heavy atom. The predicted molar refractivity (Wildman–Crippen MR) is 48.6 cm³/mol. The molecule has 0 radical (unpaired) electrons. The fourth-order valence-electron chi connectivity index (χ4n) is 1.13. The van der Waals surface area contributed by atoms with Crippen molar-refractivity contribution in [1.29, 1.82) is 0 Å². The van der Waals surface area contributed by atoms with E-state index in [0.29, 0.717) is 0 Å². The molecule has 5 heteroatoms. The summed E-state index contributed by atoms with van der Waals surface area (Å²) in [5.41, 5.74) is 0.253. The lowest BCUT2D eigenvalue weighted by atomic mass is 10.1. The second-order valence-electron chi connectivity index (χ2n) is 2.83. The molecule has 0 atom stereocenters. The van der Waals surface area contributed by atoms with Gasteiger partial charge in [-0.3, -0.25) is 4.79 Å². The van der Waals surface area contributed by atoms with Gasteiger partial charge in [0.2, 0.25) is 0 Å². The van der Waals surface area contributed by atoms with Gasteiger partial charge in [0.1, 0.15) is 5.75 Å². The largest absolute Gasteiger partial charge is 0.496 e. The molecule has 0 aliphatic carbocycles. The van der Waals surface area contributed by atoms with Crippen LogP contribution in [-0.4, -0.2) is 20.2 Å². The average Bonchev–Trinajstić information content (AvgIpc) is 2.22. The molecule has 0 aliphatic heterocycles. The minimum atomic E-state index is -1.02. The maximum atomic E-state index is 12.9. The highest BCUT2D eigenvalue weighted by molar-refractivity contribution is 5.73. The van der Waals surface area contributed by atoms with Crippen LogP contribution in [0.15, 0.2) is 12.1 Å². The molecule has 1 aromatic rings. The van der Waals surface area contributed by atoms with Gasteiger partial charge < -0.3 is 9.47 Å². The lowest BCUT2D eigenvalue weighted by Crippen LogP contribution is -2.06. The van der Waals surface area contributed by atoms with E-state index in [9.17, 15) is 13.6 Å². The molecule has 1 rings (SSSR count). The molecule has 15 heavy (non-hydrogen) atoms. The topological polar surface area (TPSA) is 35.5 Å². The Kier molecular flexibility index (Phi) is 3.60. The molecule has 0 bridgehead atoms. The van der Waals surface area contributed by atoms with E-state index in [4.69, 9.17) is 4.74 Å². The minimum absolute atomic E-state index is 0.124. The summed E-state index contributed by atoms with van der Waals surface area (Å²) in [4.78, 5) is 11.0. The molecule has 0 aromatic heterocycles. The summed E-state index contributed by atoms with van der Waals surface area (Å²) >= 11 is 0. The number of hydrogen-bond acceptors (Lipinski definition) is 3. The monoisotopic (exact) mass is 216 g/mol. The number of halogens is 2. The van der Waals surface area contributed by atoms with E-state index >= 15 is 0 Å². The highest BCUT2D eigenvalue weighted by Crippen LogP contribution is 2.22. The second kappa shape index (κ2) is 4.72. The van der Waals surface area contributed by atoms with Gasteiger partial charge >= 0.3 is 5.97 Å². The summed E-state index contributed by atoms with van der Waals surface area (Å²) in [6, 6.07) is 1.82. The molecule has 0 unspecified atom stereocenters. The normalized spacial score (nSPS) is 9.87. The van der Waals surface area contributed by atoms with E-state index in [1.807, 2.05) is 0 Å².